The van der Waals surface area contributed by atoms with Gasteiger partial charge in [0.2, 0.25) is 0 Å². The van der Waals surface area contributed by atoms with E-state index in [1.165, 1.54) is 4.90 Å². The average Bonchev–Trinajstić information content (AvgIpc) is 2.57. The normalized spacial score (nSPS) is 13.1. The van der Waals surface area contributed by atoms with E-state index in [9.17, 15) is 9.59 Å². The van der Waals surface area contributed by atoms with Crippen molar-refractivity contribution in [3.63, 3.8) is 0 Å². The minimum absolute atomic E-state index is 0.209. The van der Waals surface area contributed by atoms with Crippen LogP contribution in [0, 0.1) is 0 Å². The van der Waals surface area contributed by atoms with Gasteiger partial charge in [-0.3, -0.25) is 14.5 Å². The number of amides is 2. The molecule has 0 radical (unpaired) electrons. The van der Waals surface area contributed by atoms with Crippen LogP contribution in [0.1, 0.15) is 27.6 Å². The van der Waals surface area contributed by atoms with Gasteiger partial charge in [0.25, 0.3) is 11.8 Å². The molecule has 1 aliphatic rings. The highest BCUT2D eigenvalue weighted by Crippen LogP contribution is 2.32. The summed E-state index contributed by atoms with van der Waals surface area (Å²) in [6.07, 6.45) is 1.69. The minimum Gasteiger partial charge on any atom is -0.399 e. The Morgan fingerprint density at radius 3 is 2.52 bits per heavy atom. The van der Waals surface area contributed by atoms with Crippen molar-refractivity contribution in [2.24, 2.45) is 0 Å². The van der Waals surface area contributed by atoms with Crippen molar-refractivity contribution in [1.29, 1.82) is 0 Å². The number of nitrogens with zero attached hydrogens (tertiary/aromatic N) is 1. The number of nitrogens with two attached hydrogens (primary N) is 1. The van der Waals surface area contributed by atoms with Crippen molar-refractivity contribution in [3.8, 4) is 0 Å². The molecule has 122 valence electrons. The van der Waals surface area contributed by atoms with E-state index < -0.39 is 0 Å². The lowest BCUT2D eigenvalue weighted by Gasteiger charge is -2.27. The number of carbonyl (C=O) groups is 2. The number of benzene rings is 2. The molecular formula is C17H20N2O2S2. The first-order valence-corrected chi connectivity index (χ1v) is 9.39. The third-order valence-corrected chi connectivity index (χ3v) is 4.49. The SMILES string of the molecule is CCSCCN1C(=O)c2cccc3cc(N)cc(c23)C1=O.CS. The zero-order chi connectivity index (χ0) is 17.0. The minimum atomic E-state index is -0.243. The van der Waals surface area contributed by atoms with Crippen LogP contribution in [-0.2, 0) is 0 Å². The third kappa shape index (κ3) is 3.33. The summed E-state index contributed by atoms with van der Waals surface area (Å²) in [6.45, 7) is 2.49. The van der Waals surface area contributed by atoms with E-state index in [1.807, 2.05) is 12.1 Å². The van der Waals surface area contributed by atoms with Crippen LogP contribution in [-0.4, -0.2) is 41.0 Å². The molecule has 1 aliphatic heterocycles. The zero-order valence-corrected chi connectivity index (χ0v) is 14.9. The second-order valence-electron chi connectivity index (χ2n) is 4.93. The van der Waals surface area contributed by atoms with Gasteiger partial charge in [-0.1, -0.05) is 19.1 Å². The van der Waals surface area contributed by atoms with Crippen LogP contribution in [0.4, 0.5) is 5.69 Å². The Kier molecular flexibility index (Phi) is 5.96. The van der Waals surface area contributed by atoms with Crippen molar-refractivity contribution < 1.29 is 9.59 Å². The largest absolute Gasteiger partial charge is 0.399 e. The van der Waals surface area contributed by atoms with Gasteiger partial charge in [0, 0.05) is 28.9 Å². The quantitative estimate of drug-likeness (QED) is 0.385. The van der Waals surface area contributed by atoms with Crippen LogP contribution in [0.3, 0.4) is 0 Å². The van der Waals surface area contributed by atoms with Crippen molar-refractivity contribution in [1.82, 2.24) is 4.90 Å². The monoisotopic (exact) mass is 348 g/mol. The molecule has 2 N–H and O–H groups in total. The summed E-state index contributed by atoms with van der Waals surface area (Å²) in [5.74, 6) is 1.27. The van der Waals surface area contributed by atoms with Crippen LogP contribution < -0.4 is 5.73 Å². The second kappa shape index (κ2) is 7.75. The van der Waals surface area contributed by atoms with Gasteiger partial charge in [0.1, 0.15) is 0 Å². The molecule has 23 heavy (non-hydrogen) atoms. The van der Waals surface area contributed by atoms with Crippen LogP contribution in [0.2, 0.25) is 0 Å². The maximum Gasteiger partial charge on any atom is 0.261 e. The molecule has 2 aromatic rings. The Labute approximate surface area is 145 Å². The summed E-state index contributed by atoms with van der Waals surface area (Å²) in [5.41, 5.74) is 7.54. The lowest BCUT2D eigenvalue weighted by molar-refractivity contribution is 0.0621. The summed E-state index contributed by atoms with van der Waals surface area (Å²) in [4.78, 5) is 26.5. The Bertz CT molecular complexity index is 747. The first-order chi connectivity index (χ1) is 11.1. The fourth-order valence-electron chi connectivity index (χ4n) is 2.68. The molecule has 0 spiro atoms. The smallest absolute Gasteiger partial charge is 0.261 e. The van der Waals surface area contributed by atoms with Crippen LogP contribution in [0.25, 0.3) is 10.8 Å². The van der Waals surface area contributed by atoms with Gasteiger partial charge >= 0.3 is 0 Å². The molecule has 0 atom stereocenters. The molecule has 0 saturated heterocycles. The highest BCUT2D eigenvalue weighted by atomic mass is 32.2. The molecule has 6 heteroatoms. The highest BCUT2D eigenvalue weighted by molar-refractivity contribution is 7.99. The van der Waals surface area contributed by atoms with E-state index in [0.717, 1.165) is 22.3 Å². The maximum absolute atomic E-state index is 12.6. The number of carbonyl (C=O) groups excluding carboxylic acids is 2. The predicted molar refractivity (Wildman–Crippen MR) is 102 cm³/mol. The first kappa shape index (κ1) is 17.7. The number of nitrogen functional groups attached to an aromatic ring is 1. The molecule has 0 unspecified atom stereocenters. The number of thioether (sulfide) groups is 1. The standard InChI is InChI=1S/C16H16N2O2S.CH4S/c1-2-21-7-6-18-15(19)12-5-3-4-10-8-11(17)9-13(14(10)12)16(18)20;1-2/h3-5,8-9H,2,6-7,17H2,1H3;2H,1H3. The van der Waals surface area contributed by atoms with Gasteiger partial charge in [-0.2, -0.15) is 24.4 Å². The Morgan fingerprint density at radius 1 is 1.13 bits per heavy atom. The van der Waals surface area contributed by atoms with Crippen molar-refractivity contribution in [3.05, 3.63) is 41.5 Å². The summed E-state index contributed by atoms with van der Waals surface area (Å²) >= 11 is 5.24. The molecule has 1 heterocycles. The lowest BCUT2D eigenvalue weighted by atomic mass is 9.93. The highest BCUT2D eigenvalue weighted by Gasteiger charge is 2.32. The molecule has 0 bridgehead atoms. The van der Waals surface area contributed by atoms with Crippen molar-refractivity contribution in [2.75, 3.05) is 30.0 Å². The molecular weight excluding hydrogens is 328 g/mol. The van der Waals surface area contributed by atoms with Gasteiger partial charge in [0.15, 0.2) is 0 Å². The molecule has 4 nitrogen and oxygen atoms in total. The molecule has 3 rings (SSSR count). The van der Waals surface area contributed by atoms with Crippen LogP contribution >= 0.6 is 24.4 Å². The average molecular weight is 348 g/mol. The van der Waals surface area contributed by atoms with Crippen molar-refractivity contribution in [2.45, 2.75) is 6.92 Å². The number of thiol groups is 1. The van der Waals surface area contributed by atoms with E-state index >= 15 is 0 Å². The van der Waals surface area contributed by atoms with Crippen molar-refractivity contribution >= 4 is 52.7 Å². The lowest BCUT2D eigenvalue weighted by Crippen LogP contribution is -2.41. The molecule has 0 aliphatic carbocycles. The Balaban J connectivity index is 0.000000924. The van der Waals surface area contributed by atoms with Crippen LogP contribution in [0.15, 0.2) is 30.3 Å². The fourth-order valence-corrected chi connectivity index (χ4v) is 3.28. The second-order valence-corrected chi connectivity index (χ2v) is 6.32. The first-order valence-electron chi connectivity index (χ1n) is 7.34. The molecule has 0 aromatic heterocycles. The summed E-state index contributed by atoms with van der Waals surface area (Å²) in [5, 5.41) is 1.56. The van der Waals surface area contributed by atoms with Gasteiger partial charge < -0.3 is 5.73 Å². The summed E-state index contributed by atoms with van der Waals surface area (Å²) in [6, 6.07) is 8.94. The van der Waals surface area contributed by atoms with E-state index in [2.05, 4.69) is 19.6 Å². The Morgan fingerprint density at radius 2 is 1.83 bits per heavy atom. The topological polar surface area (TPSA) is 63.4 Å². The van der Waals surface area contributed by atoms with Gasteiger partial charge in [0.05, 0.1) is 5.56 Å². The number of hydrogen-bond donors (Lipinski definition) is 2. The Hall–Kier alpha value is -1.66. The molecule has 2 aromatic carbocycles. The number of anilines is 1. The van der Waals surface area contributed by atoms with E-state index in [4.69, 9.17) is 5.73 Å². The predicted octanol–water partition coefficient (Wildman–Crippen LogP) is 3.32. The van der Waals surface area contributed by atoms with E-state index in [0.29, 0.717) is 23.4 Å². The zero-order valence-electron chi connectivity index (χ0n) is 13.2. The number of imide groups is 1. The summed E-state index contributed by atoms with van der Waals surface area (Å²) in [7, 11) is 0. The van der Waals surface area contributed by atoms with Gasteiger partial charge in [-0.25, -0.2) is 0 Å². The molecule has 2 amide bonds. The van der Waals surface area contributed by atoms with E-state index in [1.54, 1.807) is 36.2 Å². The van der Waals surface area contributed by atoms with Gasteiger partial charge in [-0.05, 0) is 35.6 Å². The van der Waals surface area contributed by atoms with E-state index in [-0.39, 0.29) is 11.8 Å². The van der Waals surface area contributed by atoms with Crippen LogP contribution in [0.5, 0.6) is 0 Å². The third-order valence-electron chi connectivity index (χ3n) is 3.61. The number of hydrogen-bond acceptors (Lipinski definition) is 5. The number of rotatable bonds is 4. The molecule has 0 fully saturated rings. The fraction of sp³-hybridized carbons (Fsp3) is 0.294. The summed E-state index contributed by atoms with van der Waals surface area (Å²) < 4.78 is 0. The molecule has 0 saturated carbocycles. The van der Waals surface area contributed by atoms with Gasteiger partial charge in [-0.15, -0.1) is 0 Å². The maximum atomic E-state index is 12.6.